The minimum absolute atomic E-state index is 0.0150. The standard InChI is InChI=1S/C15H28O2/c1-11(2)9-8-10-12(3)15(6,7)13(4)17-14(5)16/h9,12-13H,8,10H2,1-7H3/t12-,13+/m0/s1. The van der Waals surface area contributed by atoms with E-state index in [-0.39, 0.29) is 17.5 Å². The van der Waals surface area contributed by atoms with Crippen molar-refractivity contribution < 1.29 is 9.53 Å². The van der Waals surface area contributed by atoms with Gasteiger partial charge in [-0.2, -0.15) is 0 Å². The number of carbonyl (C=O) groups is 1. The highest BCUT2D eigenvalue weighted by Gasteiger charge is 2.33. The fourth-order valence-corrected chi connectivity index (χ4v) is 1.80. The molecular weight excluding hydrogens is 212 g/mol. The Kier molecular flexibility index (Phi) is 6.51. The van der Waals surface area contributed by atoms with E-state index in [1.165, 1.54) is 12.5 Å². The van der Waals surface area contributed by atoms with Gasteiger partial charge in [0.2, 0.25) is 0 Å². The lowest BCUT2D eigenvalue weighted by Crippen LogP contribution is -2.36. The lowest BCUT2D eigenvalue weighted by atomic mass is 9.73. The van der Waals surface area contributed by atoms with Gasteiger partial charge in [0.05, 0.1) is 0 Å². The number of esters is 1. The van der Waals surface area contributed by atoms with Crippen LogP contribution in [0.2, 0.25) is 0 Å². The quantitative estimate of drug-likeness (QED) is 0.510. The van der Waals surface area contributed by atoms with Crippen LogP contribution < -0.4 is 0 Å². The summed E-state index contributed by atoms with van der Waals surface area (Å²) in [6.07, 6.45) is 4.45. The molecule has 2 nitrogen and oxygen atoms in total. The molecule has 0 aromatic heterocycles. The van der Waals surface area contributed by atoms with Gasteiger partial charge in [0.25, 0.3) is 0 Å². The van der Waals surface area contributed by atoms with Crippen molar-refractivity contribution in [2.24, 2.45) is 11.3 Å². The molecule has 0 fully saturated rings. The maximum absolute atomic E-state index is 11.0. The maximum atomic E-state index is 11.0. The lowest BCUT2D eigenvalue weighted by Gasteiger charge is -2.36. The number of hydrogen-bond acceptors (Lipinski definition) is 2. The SMILES string of the molecule is CC(=O)O[C@H](C)C(C)(C)[C@@H](C)CCC=C(C)C. The van der Waals surface area contributed by atoms with Gasteiger partial charge in [-0.25, -0.2) is 0 Å². The molecule has 0 amide bonds. The predicted octanol–water partition coefficient (Wildman–Crippen LogP) is 4.35. The van der Waals surface area contributed by atoms with E-state index >= 15 is 0 Å². The van der Waals surface area contributed by atoms with Gasteiger partial charge in [-0.15, -0.1) is 0 Å². The van der Waals surface area contributed by atoms with Crippen LogP contribution in [0.25, 0.3) is 0 Å². The van der Waals surface area contributed by atoms with Gasteiger partial charge in [0, 0.05) is 12.3 Å². The smallest absolute Gasteiger partial charge is 0.302 e. The summed E-state index contributed by atoms with van der Waals surface area (Å²) in [4.78, 5) is 11.0. The van der Waals surface area contributed by atoms with Crippen molar-refractivity contribution in [2.45, 2.75) is 67.4 Å². The van der Waals surface area contributed by atoms with Gasteiger partial charge in [-0.3, -0.25) is 4.79 Å². The highest BCUT2D eigenvalue weighted by molar-refractivity contribution is 5.66. The van der Waals surface area contributed by atoms with Gasteiger partial charge >= 0.3 is 5.97 Å². The van der Waals surface area contributed by atoms with Crippen LogP contribution in [0, 0.1) is 11.3 Å². The second-order valence-electron chi connectivity index (χ2n) is 5.83. The molecule has 0 bridgehead atoms. The maximum Gasteiger partial charge on any atom is 0.302 e. The Labute approximate surface area is 106 Å². The largest absolute Gasteiger partial charge is 0.462 e. The zero-order valence-corrected chi connectivity index (χ0v) is 12.5. The molecule has 100 valence electrons. The Balaban J connectivity index is 4.37. The van der Waals surface area contributed by atoms with Crippen molar-refractivity contribution in [1.82, 2.24) is 0 Å². The first kappa shape index (κ1) is 16.2. The first-order chi connectivity index (χ1) is 7.67. The van der Waals surface area contributed by atoms with E-state index in [2.05, 4.69) is 40.7 Å². The molecule has 0 aromatic rings. The molecule has 2 atom stereocenters. The summed E-state index contributed by atoms with van der Waals surface area (Å²) in [6.45, 7) is 14.3. The molecular formula is C15H28O2. The molecule has 0 aromatic carbocycles. The van der Waals surface area contributed by atoms with Gasteiger partial charge in [0.15, 0.2) is 0 Å². The topological polar surface area (TPSA) is 26.3 Å². The molecule has 0 saturated heterocycles. The van der Waals surface area contributed by atoms with Crippen molar-refractivity contribution in [2.75, 3.05) is 0 Å². The van der Waals surface area contributed by atoms with Crippen LogP contribution in [-0.2, 0) is 9.53 Å². The van der Waals surface area contributed by atoms with Crippen LogP contribution in [0.3, 0.4) is 0 Å². The van der Waals surface area contributed by atoms with Gasteiger partial charge in [-0.05, 0) is 39.5 Å². The Morgan fingerprint density at radius 2 is 1.76 bits per heavy atom. The van der Waals surface area contributed by atoms with E-state index in [1.807, 2.05) is 6.92 Å². The second kappa shape index (κ2) is 6.83. The molecule has 2 heteroatoms. The van der Waals surface area contributed by atoms with Crippen LogP contribution in [0.15, 0.2) is 11.6 Å². The Bertz CT molecular complexity index is 273. The average Bonchev–Trinajstić information content (AvgIpc) is 2.15. The summed E-state index contributed by atoms with van der Waals surface area (Å²) in [6, 6.07) is 0. The molecule has 0 N–H and O–H groups in total. The zero-order valence-electron chi connectivity index (χ0n) is 12.5. The van der Waals surface area contributed by atoms with Crippen LogP contribution in [-0.4, -0.2) is 12.1 Å². The monoisotopic (exact) mass is 240 g/mol. The van der Waals surface area contributed by atoms with Gasteiger partial charge in [0.1, 0.15) is 6.10 Å². The fourth-order valence-electron chi connectivity index (χ4n) is 1.80. The number of rotatable bonds is 6. The average molecular weight is 240 g/mol. The first-order valence-corrected chi connectivity index (χ1v) is 6.48. The highest BCUT2D eigenvalue weighted by atomic mass is 16.5. The molecule has 0 spiro atoms. The summed E-state index contributed by atoms with van der Waals surface area (Å²) >= 11 is 0. The van der Waals surface area contributed by atoms with Crippen molar-refractivity contribution >= 4 is 5.97 Å². The summed E-state index contributed by atoms with van der Waals surface area (Å²) in [7, 11) is 0. The van der Waals surface area contributed by atoms with Gasteiger partial charge in [-0.1, -0.05) is 32.4 Å². The molecule has 0 aliphatic rings. The predicted molar refractivity (Wildman–Crippen MR) is 72.8 cm³/mol. The molecule has 0 radical (unpaired) electrons. The van der Waals surface area contributed by atoms with Crippen molar-refractivity contribution in [3.05, 3.63) is 11.6 Å². The summed E-state index contributed by atoms with van der Waals surface area (Å²) in [5, 5.41) is 0. The fraction of sp³-hybridized carbons (Fsp3) is 0.800. The molecule has 0 unspecified atom stereocenters. The van der Waals surface area contributed by atoms with Crippen LogP contribution in [0.5, 0.6) is 0 Å². The van der Waals surface area contributed by atoms with Crippen molar-refractivity contribution in [1.29, 1.82) is 0 Å². The van der Waals surface area contributed by atoms with Crippen molar-refractivity contribution in [3.8, 4) is 0 Å². The van der Waals surface area contributed by atoms with Gasteiger partial charge < -0.3 is 4.74 Å². The molecule has 0 rings (SSSR count). The second-order valence-corrected chi connectivity index (χ2v) is 5.83. The Morgan fingerprint density at radius 1 is 1.24 bits per heavy atom. The van der Waals surface area contributed by atoms with E-state index < -0.39 is 0 Å². The van der Waals surface area contributed by atoms with Crippen molar-refractivity contribution in [3.63, 3.8) is 0 Å². The third kappa shape index (κ3) is 5.90. The number of allylic oxidation sites excluding steroid dienone is 2. The highest BCUT2D eigenvalue weighted by Crippen LogP contribution is 2.35. The third-order valence-corrected chi connectivity index (χ3v) is 3.81. The van der Waals surface area contributed by atoms with E-state index in [0.29, 0.717) is 5.92 Å². The van der Waals surface area contributed by atoms with Crippen LogP contribution in [0.1, 0.15) is 61.3 Å². The zero-order chi connectivity index (χ0) is 13.6. The number of carbonyl (C=O) groups excluding carboxylic acids is 1. The first-order valence-electron chi connectivity index (χ1n) is 6.48. The Hall–Kier alpha value is -0.790. The minimum atomic E-state index is -0.193. The summed E-state index contributed by atoms with van der Waals surface area (Å²) < 4.78 is 5.31. The van der Waals surface area contributed by atoms with E-state index in [1.54, 1.807) is 0 Å². The lowest BCUT2D eigenvalue weighted by molar-refractivity contribution is -0.153. The molecule has 0 heterocycles. The van der Waals surface area contributed by atoms with Crippen LogP contribution in [0.4, 0.5) is 0 Å². The minimum Gasteiger partial charge on any atom is -0.462 e. The summed E-state index contributed by atoms with van der Waals surface area (Å²) in [5.74, 6) is 0.328. The van der Waals surface area contributed by atoms with E-state index in [0.717, 1.165) is 12.8 Å². The number of ether oxygens (including phenoxy) is 1. The normalized spacial score (nSPS) is 15.0. The van der Waals surface area contributed by atoms with E-state index in [9.17, 15) is 4.79 Å². The Morgan fingerprint density at radius 3 is 2.18 bits per heavy atom. The molecule has 0 aliphatic carbocycles. The summed E-state index contributed by atoms with van der Waals surface area (Å²) in [5.41, 5.74) is 1.38. The van der Waals surface area contributed by atoms with Crippen LogP contribution >= 0.6 is 0 Å². The van der Waals surface area contributed by atoms with E-state index in [4.69, 9.17) is 4.74 Å². The molecule has 0 saturated carbocycles. The molecule has 0 aliphatic heterocycles. The third-order valence-electron chi connectivity index (χ3n) is 3.81. The number of hydrogen-bond donors (Lipinski definition) is 0. The molecule has 17 heavy (non-hydrogen) atoms.